The smallest absolute Gasteiger partial charge is 0.335 e. The van der Waals surface area contributed by atoms with Gasteiger partial charge in [0.2, 0.25) is 5.82 Å². The molecule has 3 aromatic rings. The summed E-state index contributed by atoms with van der Waals surface area (Å²) in [5.41, 5.74) is 2.06. The lowest BCUT2D eigenvalue weighted by atomic mass is 10.1. The number of nitro benzene ring substituents is 1. The molecule has 0 spiro atoms. The molecular weight excluding hydrogens is 560 g/mol. The summed E-state index contributed by atoms with van der Waals surface area (Å²) in [6, 6.07) is 16.8. The summed E-state index contributed by atoms with van der Waals surface area (Å²) in [4.78, 5) is 35.2. The van der Waals surface area contributed by atoms with Crippen LogP contribution in [0.5, 0.6) is 0 Å². The number of rotatable bonds is 8. The number of halogens is 2. The van der Waals surface area contributed by atoms with Crippen LogP contribution in [0.4, 0.5) is 10.1 Å². The number of carbonyl (C=O) groups excluding carboxylic acids is 1. The van der Waals surface area contributed by atoms with Crippen LogP contribution < -0.4 is 0 Å². The monoisotopic (exact) mass is 577 g/mol. The maximum Gasteiger partial charge on any atom is 0.335 e. The van der Waals surface area contributed by atoms with Gasteiger partial charge >= 0.3 is 11.7 Å². The molecule has 0 bridgehead atoms. The lowest BCUT2D eigenvalue weighted by Crippen LogP contribution is -2.05. The molecule has 0 aromatic heterocycles. The fraction of sp³-hybridized carbons (Fsp3) is 0.0833. The fourth-order valence-electron chi connectivity index (χ4n) is 2.88. The second-order valence-corrected chi connectivity index (χ2v) is 9.12. The van der Waals surface area contributed by atoms with Crippen molar-refractivity contribution in [3.63, 3.8) is 0 Å². The van der Waals surface area contributed by atoms with Gasteiger partial charge in [0.1, 0.15) is 0 Å². The van der Waals surface area contributed by atoms with Crippen LogP contribution in [0.15, 0.2) is 71.6 Å². The summed E-state index contributed by atoms with van der Waals surface area (Å²) in [6.07, 6.45) is 0. The molecule has 0 aliphatic rings. The van der Waals surface area contributed by atoms with E-state index in [0.29, 0.717) is 19.8 Å². The predicted molar refractivity (Wildman–Crippen MR) is 134 cm³/mol. The molecule has 0 aliphatic heterocycles. The molecule has 0 heterocycles. The Morgan fingerprint density at radius 1 is 1.00 bits per heavy atom. The first-order chi connectivity index (χ1) is 15.7. The minimum atomic E-state index is -1.10. The summed E-state index contributed by atoms with van der Waals surface area (Å²) in [5, 5.41) is 20.3. The van der Waals surface area contributed by atoms with Gasteiger partial charge in [0.05, 0.1) is 15.4 Å². The van der Waals surface area contributed by atoms with Crippen molar-refractivity contribution < 1.29 is 24.0 Å². The molecule has 0 unspecified atom stereocenters. The Bertz CT molecular complexity index is 1260. The van der Waals surface area contributed by atoms with E-state index in [4.69, 9.17) is 5.11 Å². The summed E-state index contributed by atoms with van der Waals surface area (Å²) < 4.78 is 14.3. The molecule has 0 saturated heterocycles. The quantitative estimate of drug-likeness (QED) is 0.106. The largest absolute Gasteiger partial charge is 0.478 e. The van der Waals surface area contributed by atoms with E-state index in [1.165, 1.54) is 42.1 Å². The SMILES string of the molecule is Cc1ccc(CSC(C(=O)c2ccc(C(=O)O)cc2)=C(I)c2ccc(F)c([N+](=O)[O-])c2)cc1. The number of thioether (sulfide) groups is 1. The van der Waals surface area contributed by atoms with Gasteiger partial charge in [-0.05, 0) is 58.8 Å². The predicted octanol–water partition coefficient (Wildman–Crippen LogP) is 6.66. The highest BCUT2D eigenvalue weighted by Gasteiger charge is 2.22. The summed E-state index contributed by atoms with van der Waals surface area (Å²) >= 11 is 3.19. The van der Waals surface area contributed by atoms with Crippen LogP contribution in [0.2, 0.25) is 0 Å². The molecule has 3 aromatic carbocycles. The molecule has 9 heteroatoms. The van der Waals surface area contributed by atoms with Crippen molar-refractivity contribution in [2.75, 3.05) is 0 Å². The number of carbonyl (C=O) groups is 2. The van der Waals surface area contributed by atoms with Gasteiger partial charge in [-0.15, -0.1) is 11.8 Å². The highest BCUT2D eigenvalue weighted by atomic mass is 127. The molecule has 0 saturated carbocycles. The van der Waals surface area contributed by atoms with E-state index in [9.17, 15) is 24.1 Å². The Balaban J connectivity index is 2.04. The molecule has 0 aliphatic carbocycles. The first-order valence-electron chi connectivity index (χ1n) is 9.58. The maximum absolute atomic E-state index is 13.8. The van der Waals surface area contributed by atoms with Crippen molar-refractivity contribution in [1.82, 2.24) is 0 Å². The number of nitrogens with zero attached hydrogens (tertiary/aromatic N) is 1. The average molecular weight is 577 g/mol. The molecule has 6 nitrogen and oxygen atoms in total. The van der Waals surface area contributed by atoms with E-state index in [0.717, 1.165) is 23.3 Å². The zero-order valence-electron chi connectivity index (χ0n) is 17.2. The van der Waals surface area contributed by atoms with Gasteiger partial charge in [-0.2, -0.15) is 4.39 Å². The Labute approximate surface area is 206 Å². The highest BCUT2D eigenvalue weighted by molar-refractivity contribution is 14.1. The van der Waals surface area contributed by atoms with E-state index in [1.807, 2.05) is 53.8 Å². The van der Waals surface area contributed by atoms with E-state index < -0.39 is 22.4 Å². The number of allylic oxidation sites excluding steroid dienone is 1. The lowest BCUT2D eigenvalue weighted by molar-refractivity contribution is -0.387. The van der Waals surface area contributed by atoms with Crippen LogP contribution >= 0.6 is 34.4 Å². The fourth-order valence-corrected chi connectivity index (χ4v) is 4.93. The van der Waals surface area contributed by atoms with E-state index in [-0.39, 0.29) is 16.9 Å². The van der Waals surface area contributed by atoms with Crippen LogP contribution in [0, 0.1) is 22.9 Å². The molecule has 1 N–H and O–H groups in total. The minimum Gasteiger partial charge on any atom is -0.478 e. The van der Waals surface area contributed by atoms with Gasteiger partial charge in [0, 0.05) is 21.0 Å². The second kappa shape index (κ2) is 10.7. The van der Waals surface area contributed by atoms with E-state index in [1.54, 1.807) is 0 Å². The van der Waals surface area contributed by atoms with Gasteiger partial charge in [0.15, 0.2) is 5.78 Å². The van der Waals surface area contributed by atoms with Crippen LogP contribution in [0.3, 0.4) is 0 Å². The Hall–Kier alpha value is -3.05. The van der Waals surface area contributed by atoms with E-state index in [2.05, 4.69) is 0 Å². The van der Waals surface area contributed by atoms with Crippen molar-refractivity contribution in [1.29, 1.82) is 0 Å². The molecule has 0 atom stereocenters. The standard InChI is InChI=1S/C24H17FINO5S/c1-14-2-4-15(5-3-14)13-33-23(22(28)16-6-8-17(9-7-16)24(29)30)21(26)18-10-11-19(25)20(12-18)27(31)32/h2-12H,13H2,1H3,(H,29,30). The third-order valence-corrected chi connectivity index (χ3v) is 7.38. The molecule has 0 amide bonds. The zero-order valence-corrected chi connectivity index (χ0v) is 20.2. The number of ketones is 1. The van der Waals surface area contributed by atoms with Gasteiger partial charge in [-0.3, -0.25) is 14.9 Å². The second-order valence-electron chi connectivity index (χ2n) is 7.05. The number of hydrogen-bond donors (Lipinski definition) is 1. The Morgan fingerprint density at radius 3 is 2.15 bits per heavy atom. The molecule has 33 heavy (non-hydrogen) atoms. The van der Waals surface area contributed by atoms with E-state index >= 15 is 0 Å². The van der Waals surface area contributed by atoms with Crippen molar-refractivity contribution >= 4 is 55.4 Å². The van der Waals surface area contributed by atoms with Crippen LogP contribution in [0.1, 0.15) is 37.4 Å². The summed E-state index contributed by atoms with van der Waals surface area (Å²) in [5.74, 6) is -1.96. The Kier molecular flexibility index (Phi) is 7.98. The summed E-state index contributed by atoms with van der Waals surface area (Å²) in [6.45, 7) is 1.97. The van der Waals surface area contributed by atoms with Crippen LogP contribution in [-0.4, -0.2) is 21.8 Å². The first kappa shape index (κ1) is 24.6. The number of Topliss-reactive ketones (excluding diaryl/α,β-unsaturated/α-hetero) is 1. The Morgan fingerprint density at radius 2 is 1.58 bits per heavy atom. The van der Waals surface area contributed by atoms with Crippen LogP contribution in [-0.2, 0) is 5.75 Å². The number of carboxylic acid groups (broad SMARTS) is 1. The van der Waals surface area contributed by atoms with Crippen LogP contribution in [0.25, 0.3) is 3.58 Å². The molecule has 168 valence electrons. The molecule has 0 radical (unpaired) electrons. The van der Waals surface area contributed by atoms with Crippen molar-refractivity contribution in [2.45, 2.75) is 12.7 Å². The minimum absolute atomic E-state index is 0.0493. The highest BCUT2D eigenvalue weighted by Crippen LogP contribution is 2.37. The number of carboxylic acids is 1. The number of aromatic carboxylic acids is 1. The molecule has 0 fully saturated rings. The van der Waals surface area contributed by atoms with Gasteiger partial charge in [0.25, 0.3) is 0 Å². The topological polar surface area (TPSA) is 97.5 Å². The lowest BCUT2D eigenvalue weighted by Gasteiger charge is -2.12. The van der Waals surface area contributed by atoms with Crippen molar-refractivity contribution in [3.05, 3.63) is 115 Å². The maximum atomic E-state index is 13.8. The van der Waals surface area contributed by atoms with Gasteiger partial charge in [-0.1, -0.05) is 48.0 Å². The zero-order chi connectivity index (χ0) is 24.1. The number of aryl methyl sites for hydroxylation is 1. The molecule has 3 rings (SSSR count). The normalized spacial score (nSPS) is 11.6. The number of nitro groups is 1. The van der Waals surface area contributed by atoms with Crippen molar-refractivity contribution in [3.8, 4) is 0 Å². The third-order valence-electron chi connectivity index (χ3n) is 4.70. The number of hydrogen-bond acceptors (Lipinski definition) is 5. The average Bonchev–Trinajstić information content (AvgIpc) is 2.80. The third kappa shape index (κ3) is 6.05. The molecular formula is C24H17FINO5S. The van der Waals surface area contributed by atoms with Crippen molar-refractivity contribution in [2.24, 2.45) is 0 Å². The first-order valence-corrected chi connectivity index (χ1v) is 11.6. The van der Waals surface area contributed by atoms with Gasteiger partial charge in [-0.25, -0.2) is 4.79 Å². The summed E-state index contributed by atoms with van der Waals surface area (Å²) in [7, 11) is 0. The van der Waals surface area contributed by atoms with Gasteiger partial charge < -0.3 is 5.11 Å². The number of benzene rings is 3.